The second-order valence-corrected chi connectivity index (χ2v) is 3.33. The molecular formula is C7H11BrO2. The lowest BCUT2D eigenvalue weighted by atomic mass is 10.2. The molecule has 0 aliphatic heterocycles. The van der Waals surface area contributed by atoms with Gasteiger partial charge in [0, 0.05) is 6.42 Å². The molecule has 10 heavy (non-hydrogen) atoms. The third-order valence-electron chi connectivity index (χ3n) is 1.02. The molecule has 0 aliphatic rings. The van der Waals surface area contributed by atoms with Crippen molar-refractivity contribution < 1.29 is 9.90 Å². The molecule has 0 amide bonds. The minimum Gasteiger partial charge on any atom is -0.481 e. The van der Waals surface area contributed by atoms with Crippen molar-refractivity contribution in [2.24, 2.45) is 0 Å². The Morgan fingerprint density at radius 2 is 2.30 bits per heavy atom. The van der Waals surface area contributed by atoms with E-state index in [4.69, 9.17) is 5.11 Å². The van der Waals surface area contributed by atoms with E-state index in [-0.39, 0.29) is 6.42 Å². The molecule has 3 heteroatoms. The van der Waals surface area contributed by atoms with E-state index in [1.165, 1.54) is 0 Å². The summed E-state index contributed by atoms with van der Waals surface area (Å²) in [5, 5.41) is 8.25. The number of aliphatic carboxylic acids is 1. The number of hydrogen-bond donors (Lipinski definition) is 1. The van der Waals surface area contributed by atoms with Crippen LogP contribution in [-0.4, -0.2) is 11.1 Å². The van der Waals surface area contributed by atoms with E-state index in [2.05, 4.69) is 15.9 Å². The van der Waals surface area contributed by atoms with Gasteiger partial charge in [0.1, 0.15) is 0 Å². The minimum absolute atomic E-state index is 0.261. The zero-order chi connectivity index (χ0) is 7.98. The summed E-state index contributed by atoms with van der Waals surface area (Å²) in [6.07, 6.45) is 3.79. The van der Waals surface area contributed by atoms with Gasteiger partial charge in [-0.05, 0) is 24.2 Å². The Hall–Kier alpha value is -0.310. The Labute approximate surface area is 69.1 Å². The lowest BCUT2D eigenvalue weighted by Gasteiger charge is -1.90. The highest BCUT2D eigenvalue weighted by atomic mass is 79.9. The monoisotopic (exact) mass is 206 g/mol. The fourth-order valence-corrected chi connectivity index (χ4v) is 0.783. The standard InChI is InChI=1S/C7H11BrO2/c1-6(8)4-2-3-5-7(9)10/h4H,2-3,5H2,1H3,(H,9,10)/b6-4-. The molecule has 0 aromatic rings. The number of hydrogen-bond acceptors (Lipinski definition) is 1. The Morgan fingerprint density at radius 1 is 1.70 bits per heavy atom. The third-order valence-corrected chi connectivity index (χ3v) is 1.34. The average Bonchev–Trinajstić information content (AvgIpc) is 1.79. The maximum atomic E-state index is 10.0. The van der Waals surface area contributed by atoms with Crippen molar-refractivity contribution in [2.75, 3.05) is 0 Å². The van der Waals surface area contributed by atoms with E-state index >= 15 is 0 Å². The Kier molecular flexibility index (Phi) is 5.30. The van der Waals surface area contributed by atoms with E-state index in [0.29, 0.717) is 0 Å². The Morgan fingerprint density at radius 3 is 2.70 bits per heavy atom. The first-order valence-corrected chi connectivity index (χ1v) is 3.96. The molecule has 0 aliphatic carbocycles. The summed E-state index contributed by atoms with van der Waals surface area (Å²) in [5.74, 6) is -0.722. The predicted molar refractivity (Wildman–Crippen MR) is 44.2 cm³/mol. The van der Waals surface area contributed by atoms with Crippen LogP contribution < -0.4 is 0 Å². The fourth-order valence-electron chi connectivity index (χ4n) is 0.554. The van der Waals surface area contributed by atoms with E-state index in [1.54, 1.807) is 0 Å². The molecule has 0 aromatic carbocycles. The van der Waals surface area contributed by atoms with Crippen molar-refractivity contribution in [3.8, 4) is 0 Å². The van der Waals surface area contributed by atoms with Crippen molar-refractivity contribution >= 4 is 21.9 Å². The second kappa shape index (κ2) is 5.47. The van der Waals surface area contributed by atoms with Gasteiger partial charge in [-0.15, -0.1) is 0 Å². The number of unbranched alkanes of at least 4 members (excludes halogenated alkanes) is 1. The summed E-state index contributed by atoms with van der Waals surface area (Å²) in [4.78, 5) is 10.0. The molecule has 0 radical (unpaired) electrons. The van der Waals surface area contributed by atoms with Crippen molar-refractivity contribution in [1.82, 2.24) is 0 Å². The van der Waals surface area contributed by atoms with Gasteiger partial charge in [0.2, 0.25) is 0 Å². The lowest BCUT2D eigenvalue weighted by molar-refractivity contribution is -0.137. The first kappa shape index (κ1) is 9.69. The molecule has 0 rings (SSSR count). The zero-order valence-corrected chi connectivity index (χ0v) is 7.52. The van der Waals surface area contributed by atoms with Gasteiger partial charge in [-0.2, -0.15) is 0 Å². The van der Waals surface area contributed by atoms with Crippen LogP contribution in [0.2, 0.25) is 0 Å². The summed E-state index contributed by atoms with van der Waals surface area (Å²) in [6.45, 7) is 1.93. The van der Waals surface area contributed by atoms with Crippen molar-refractivity contribution in [3.63, 3.8) is 0 Å². The van der Waals surface area contributed by atoms with Crippen LogP contribution in [0.25, 0.3) is 0 Å². The maximum absolute atomic E-state index is 10.0. The van der Waals surface area contributed by atoms with Crippen LogP contribution in [0.3, 0.4) is 0 Å². The van der Waals surface area contributed by atoms with Crippen LogP contribution in [0, 0.1) is 0 Å². The highest BCUT2D eigenvalue weighted by Gasteiger charge is 1.93. The van der Waals surface area contributed by atoms with Gasteiger partial charge in [-0.25, -0.2) is 0 Å². The van der Waals surface area contributed by atoms with Gasteiger partial charge < -0.3 is 5.11 Å². The summed E-state index contributed by atoms with van der Waals surface area (Å²) in [7, 11) is 0. The van der Waals surface area contributed by atoms with Gasteiger partial charge in [-0.1, -0.05) is 22.0 Å². The quantitative estimate of drug-likeness (QED) is 0.719. The molecule has 0 spiro atoms. The topological polar surface area (TPSA) is 37.3 Å². The summed E-state index contributed by atoms with van der Waals surface area (Å²) < 4.78 is 1.07. The molecule has 0 bridgehead atoms. The minimum atomic E-state index is -0.722. The number of carboxylic acids is 1. The van der Waals surface area contributed by atoms with Crippen LogP contribution in [0.1, 0.15) is 26.2 Å². The number of rotatable bonds is 4. The summed E-state index contributed by atoms with van der Waals surface area (Å²) in [6, 6.07) is 0. The van der Waals surface area contributed by atoms with Crippen molar-refractivity contribution in [2.45, 2.75) is 26.2 Å². The Bertz CT molecular complexity index is 137. The van der Waals surface area contributed by atoms with Gasteiger partial charge >= 0.3 is 5.97 Å². The van der Waals surface area contributed by atoms with Crippen LogP contribution in [0.4, 0.5) is 0 Å². The van der Waals surface area contributed by atoms with E-state index in [0.717, 1.165) is 17.3 Å². The average molecular weight is 207 g/mol. The Balaban J connectivity index is 3.21. The van der Waals surface area contributed by atoms with Crippen LogP contribution >= 0.6 is 15.9 Å². The molecule has 0 unspecified atom stereocenters. The third kappa shape index (κ3) is 7.69. The van der Waals surface area contributed by atoms with Gasteiger partial charge in [-0.3, -0.25) is 4.79 Å². The number of carbonyl (C=O) groups is 1. The maximum Gasteiger partial charge on any atom is 0.303 e. The number of carboxylic acid groups (broad SMARTS) is 1. The van der Waals surface area contributed by atoms with Crippen LogP contribution in [-0.2, 0) is 4.79 Å². The highest BCUT2D eigenvalue weighted by Crippen LogP contribution is 2.06. The highest BCUT2D eigenvalue weighted by molar-refractivity contribution is 9.11. The molecule has 1 N–H and O–H groups in total. The van der Waals surface area contributed by atoms with Crippen LogP contribution in [0.15, 0.2) is 10.6 Å². The SMILES string of the molecule is C/C(Br)=C/CCCC(=O)O. The molecule has 0 saturated heterocycles. The molecule has 0 saturated carbocycles. The second-order valence-electron chi connectivity index (χ2n) is 2.08. The van der Waals surface area contributed by atoms with Gasteiger partial charge in [0.15, 0.2) is 0 Å². The smallest absolute Gasteiger partial charge is 0.303 e. The molecule has 0 atom stereocenters. The molecular weight excluding hydrogens is 196 g/mol. The number of halogens is 1. The van der Waals surface area contributed by atoms with Gasteiger partial charge in [0.05, 0.1) is 0 Å². The van der Waals surface area contributed by atoms with E-state index < -0.39 is 5.97 Å². The molecule has 0 aromatic heterocycles. The molecule has 2 nitrogen and oxygen atoms in total. The van der Waals surface area contributed by atoms with Crippen LogP contribution in [0.5, 0.6) is 0 Å². The normalized spacial score (nSPS) is 11.6. The lowest BCUT2D eigenvalue weighted by Crippen LogP contribution is -1.92. The fraction of sp³-hybridized carbons (Fsp3) is 0.571. The molecule has 0 heterocycles. The first-order chi connectivity index (χ1) is 4.63. The van der Waals surface area contributed by atoms with Gasteiger partial charge in [0.25, 0.3) is 0 Å². The number of allylic oxidation sites excluding steroid dienone is 2. The molecule has 0 fully saturated rings. The predicted octanol–water partition coefficient (Wildman–Crippen LogP) is 2.54. The molecule has 58 valence electrons. The summed E-state index contributed by atoms with van der Waals surface area (Å²) >= 11 is 3.26. The van der Waals surface area contributed by atoms with Crippen molar-refractivity contribution in [3.05, 3.63) is 10.6 Å². The van der Waals surface area contributed by atoms with E-state index in [1.807, 2.05) is 13.0 Å². The first-order valence-electron chi connectivity index (χ1n) is 3.17. The van der Waals surface area contributed by atoms with Crippen molar-refractivity contribution in [1.29, 1.82) is 0 Å². The summed E-state index contributed by atoms with van der Waals surface area (Å²) in [5.41, 5.74) is 0. The zero-order valence-electron chi connectivity index (χ0n) is 5.93. The van der Waals surface area contributed by atoms with E-state index in [9.17, 15) is 4.79 Å². The largest absolute Gasteiger partial charge is 0.481 e.